The van der Waals surface area contributed by atoms with Crippen molar-refractivity contribution in [3.05, 3.63) is 30.5 Å². The Labute approximate surface area is 202 Å². The summed E-state index contributed by atoms with van der Waals surface area (Å²) in [6.07, 6.45) is 6.14. The summed E-state index contributed by atoms with van der Waals surface area (Å²) in [5.41, 5.74) is 0.523. The Hall–Kier alpha value is -2.51. The summed E-state index contributed by atoms with van der Waals surface area (Å²) in [6.45, 7) is 0.440. The fourth-order valence-electron chi connectivity index (χ4n) is 3.76. The average molecular weight is 530 g/mol. The highest BCUT2D eigenvalue weighted by Gasteiger charge is 2.25. The molecule has 10 nitrogen and oxygen atoms in total. The number of nitrogens with one attached hydrogen (secondary N) is 1. The van der Waals surface area contributed by atoms with E-state index < -0.39 is 31.7 Å². The highest BCUT2D eigenvalue weighted by atomic mass is 32.2. The quantitative estimate of drug-likeness (QED) is 0.475. The van der Waals surface area contributed by atoms with Crippen LogP contribution in [0.4, 0.5) is 15.6 Å². The molecule has 0 spiro atoms. The molecule has 1 fully saturated rings. The number of amides is 2. The number of nitrogens with zero attached hydrogens (tertiary/aromatic N) is 2. The van der Waals surface area contributed by atoms with Gasteiger partial charge in [-0.25, -0.2) is 26.6 Å². The number of thiazole rings is 1. The number of carbonyl (C=O) groups excluding carboxylic acids is 1. The van der Waals surface area contributed by atoms with Crippen molar-refractivity contribution in [2.24, 2.45) is 5.92 Å². The number of carboxylic acids is 1. The lowest BCUT2D eigenvalue weighted by atomic mass is 10.1. The first-order valence-electron chi connectivity index (χ1n) is 10.7. The molecule has 1 aliphatic carbocycles. The minimum absolute atomic E-state index is 0.0180. The van der Waals surface area contributed by atoms with Crippen molar-refractivity contribution in [2.45, 2.75) is 47.6 Å². The van der Waals surface area contributed by atoms with E-state index in [1.165, 1.54) is 17.0 Å². The number of hydrogen-bond donors (Lipinski definition) is 2. The van der Waals surface area contributed by atoms with Crippen LogP contribution in [-0.2, 0) is 24.5 Å². The highest BCUT2D eigenvalue weighted by molar-refractivity contribution is 7.93. The van der Waals surface area contributed by atoms with Gasteiger partial charge in [-0.05, 0) is 49.4 Å². The van der Waals surface area contributed by atoms with Gasteiger partial charge in [0.1, 0.15) is 4.21 Å². The second-order valence-electron chi connectivity index (χ2n) is 8.26. The highest BCUT2D eigenvalue weighted by Crippen LogP contribution is 2.30. The predicted molar refractivity (Wildman–Crippen MR) is 129 cm³/mol. The predicted octanol–water partition coefficient (Wildman–Crippen LogP) is 3.41. The van der Waals surface area contributed by atoms with E-state index in [9.17, 15) is 26.4 Å². The van der Waals surface area contributed by atoms with Gasteiger partial charge in [0.25, 0.3) is 0 Å². The molecule has 1 saturated carbocycles. The van der Waals surface area contributed by atoms with Gasteiger partial charge in [0, 0.05) is 24.9 Å². The first kappa shape index (κ1) is 26.1. The van der Waals surface area contributed by atoms with Crippen molar-refractivity contribution in [1.82, 2.24) is 4.98 Å². The topological polar surface area (TPSA) is 151 Å². The van der Waals surface area contributed by atoms with Crippen LogP contribution in [0.25, 0.3) is 0 Å². The van der Waals surface area contributed by atoms with Gasteiger partial charge in [-0.1, -0.05) is 24.2 Å². The standard InChI is InChI=1S/C21H27N3O7S3/c1-33(28,29)17-10-8-16(9-11-17)24(14-15-5-2-3-6-15)21(27)23-20-22-13-19(32-20)34(30,31)12-4-7-18(25)26/h8-11,13,15H,2-7,12,14H2,1H3,(H,25,26)(H,22,23,27). The molecule has 1 heterocycles. The maximum Gasteiger partial charge on any atom is 0.328 e. The van der Waals surface area contributed by atoms with Gasteiger partial charge < -0.3 is 5.11 Å². The number of carboxylic acid groups (broad SMARTS) is 1. The summed E-state index contributed by atoms with van der Waals surface area (Å²) in [5, 5.41) is 11.4. The van der Waals surface area contributed by atoms with Crippen LogP contribution in [0.2, 0.25) is 0 Å². The molecule has 186 valence electrons. The van der Waals surface area contributed by atoms with Crippen LogP contribution in [0.15, 0.2) is 39.6 Å². The van der Waals surface area contributed by atoms with E-state index in [1.807, 2.05) is 0 Å². The Morgan fingerprint density at radius 1 is 1.15 bits per heavy atom. The number of carbonyl (C=O) groups is 2. The molecule has 0 aliphatic heterocycles. The Balaban J connectivity index is 1.76. The van der Waals surface area contributed by atoms with E-state index in [4.69, 9.17) is 5.11 Å². The van der Waals surface area contributed by atoms with E-state index in [0.29, 0.717) is 18.2 Å². The molecule has 2 N–H and O–H groups in total. The van der Waals surface area contributed by atoms with Gasteiger partial charge in [0.05, 0.1) is 16.8 Å². The summed E-state index contributed by atoms with van der Waals surface area (Å²) >= 11 is 0.804. The Morgan fingerprint density at radius 3 is 2.38 bits per heavy atom. The summed E-state index contributed by atoms with van der Waals surface area (Å²) < 4.78 is 48.3. The minimum atomic E-state index is -3.71. The normalized spacial score (nSPS) is 14.7. The molecular formula is C21H27N3O7S3. The second kappa shape index (κ2) is 10.8. The van der Waals surface area contributed by atoms with Crippen LogP contribution in [0.3, 0.4) is 0 Å². The zero-order valence-electron chi connectivity index (χ0n) is 18.6. The molecule has 2 aromatic rings. The zero-order chi connectivity index (χ0) is 24.9. The fourth-order valence-corrected chi connectivity index (χ4v) is 6.87. The van der Waals surface area contributed by atoms with Gasteiger partial charge in [0.2, 0.25) is 0 Å². The van der Waals surface area contributed by atoms with Crippen molar-refractivity contribution in [3.63, 3.8) is 0 Å². The summed E-state index contributed by atoms with van der Waals surface area (Å²) in [5.74, 6) is -1.09. The van der Waals surface area contributed by atoms with Crippen molar-refractivity contribution >= 4 is 53.8 Å². The molecule has 34 heavy (non-hydrogen) atoms. The van der Waals surface area contributed by atoms with Crippen molar-refractivity contribution < 1.29 is 31.5 Å². The molecule has 0 atom stereocenters. The van der Waals surface area contributed by atoms with E-state index in [2.05, 4.69) is 10.3 Å². The van der Waals surface area contributed by atoms with Crippen LogP contribution >= 0.6 is 11.3 Å². The minimum Gasteiger partial charge on any atom is -0.481 e. The number of sulfone groups is 2. The van der Waals surface area contributed by atoms with Crippen LogP contribution < -0.4 is 10.2 Å². The zero-order valence-corrected chi connectivity index (χ0v) is 21.1. The first-order valence-corrected chi connectivity index (χ1v) is 15.1. The lowest BCUT2D eigenvalue weighted by Gasteiger charge is -2.26. The van der Waals surface area contributed by atoms with Gasteiger partial charge in [-0.2, -0.15) is 0 Å². The SMILES string of the molecule is CS(=O)(=O)c1ccc(N(CC2CCCC2)C(=O)Nc2ncc(S(=O)(=O)CCCC(=O)O)s2)cc1. The van der Waals surface area contributed by atoms with Gasteiger partial charge in [-0.15, -0.1) is 0 Å². The molecular weight excluding hydrogens is 502 g/mol. The Bertz CT molecular complexity index is 1230. The number of urea groups is 1. The smallest absolute Gasteiger partial charge is 0.328 e. The molecule has 3 rings (SSSR count). The molecule has 0 unspecified atom stereocenters. The maximum absolute atomic E-state index is 13.1. The van der Waals surface area contributed by atoms with Gasteiger partial charge >= 0.3 is 12.0 Å². The third kappa shape index (κ3) is 7.00. The number of rotatable bonds is 10. The first-order chi connectivity index (χ1) is 16.0. The molecule has 1 aliphatic rings. The van der Waals surface area contributed by atoms with Crippen molar-refractivity contribution in [3.8, 4) is 0 Å². The Morgan fingerprint density at radius 2 is 1.79 bits per heavy atom. The Kier molecular flexibility index (Phi) is 8.31. The van der Waals surface area contributed by atoms with E-state index in [0.717, 1.165) is 49.5 Å². The van der Waals surface area contributed by atoms with Crippen LogP contribution in [0.1, 0.15) is 38.5 Å². The van der Waals surface area contributed by atoms with E-state index >= 15 is 0 Å². The third-order valence-electron chi connectivity index (χ3n) is 5.55. The largest absolute Gasteiger partial charge is 0.481 e. The fraction of sp³-hybridized carbons (Fsp3) is 0.476. The van der Waals surface area contributed by atoms with Gasteiger partial charge in [-0.3, -0.25) is 15.0 Å². The van der Waals surface area contributed by atoms with E-state index in [-0.39, 0.29) is 32.8 Å². The molecule has 0 bridgehead atoms. The number of aliphatic carboxylic acids is 1. The van der Waals surface area contributed by atoms with Crippen LogP contribution in [-0.4, -0.2) is 57.5 Å². The molecule has 0 radical (unpaired) electrons. The molecule has 0 saturated heterocycles. The molecule has 1 aromatic heterocycles. The van der Waals surface area contributed by atoms with Gasteiger partial charge in [0.15, 0.2) is 24.8 Å². The monoisotopic (exact) mass is 529 g/mol. The molecule has 13 heteroatoms. The summed E-state index contributed by atoms with van der Waals surface area (Å²) in [6, 6.07) is 5.55. The lowest BCUT2D eigenvalue weighted by molar-refractivity contribution is -0.137. The summed E-state index contributed by atoms with van der Waals surface area (Å²) in [4.78, 5) is 29.4. The summed E-state index contributed by atoms with van der Waals surface area (Å²) in [7, 11) is -7.09. The second-order valence-corrected chi connectivity index (χ2v) is 13.6. The number of anilines is 2. The van der Waals surface area contributed by atoms with Crippen molar-refractivity contribution in [1.29, 1.82) is 0 Å². The van der Waals surface area contributed by atoms with Crippen LogP contribution in [0.5, 0.6) is 0 Å². The molecule has 1 aromatic carbocycles. The number of benzene rings is 1. The average Bonchev–Trinajstić information content (AvgIpc) is 3.43. The lowest BCUT2D eigenvalue weighted by Crippen LogP contribution is -2.38. The number of hydrogen-bond acceptors (Lipinski definition) is 8. The number of aromatic nitrogens is 1. The third-order valence-corrected chi connectivity index (χ3v) is 9.94. The maximum atomic E-state index is 13.1. The van der Waals surface area contributed by atoms with Crippen LogP contribution in [0, 0.1) is 5.92 Å². The molecule has 2 amide bonds. The van der Waals surface area contributed by atoms with Crippen molar-refractivity contribution in [2.75, 3.05) is 28.8 Å². The van der Waals surface area contributed by atoms with E-state index in [1.54, 1.807) is 12.1 Å².